The van der Waals surface area contributed by atoms with E-state index in [1.54, 1.807) is 11.0 Å². The lowest BCUT2D eigenvalue weighted by Crippen LogP contribution is -2.36. The second-order valence-electron chi connectivity index (χ2n) is 7.37. The minimum atomic E-state index is -0.166. The highest BCUT2D eigenvalue weighted by molar-refractivity contribution is 6.35. The lowest BCUT2D eigenvalue weighted by atomic mass is 10.1. The first-order chi connectivity index (χ1) is 14.3. The lowest BCUT2D eigenvalue weighted by molar-refractivity contribution is 0.209. The predicted molar refractivity (Wildman–Crippen MR) is 124 cm³/mol. The molecule has 156 valence electrons. The summed E-state index contributed by atoms with van der Waals surface area (Å²) >= 11 is 12.3. The number of nitrogens with zero attached hydrogens (tertiary/aromatic N) is 2. The predicted octanol–water partition coefficient (Wildman–Crippen LogP) is 6.59. The monoisotopic (exact) mass is 441 g/mol. The van der Waals surface area contributed by atoms with Crippen molar-refractivity contribution in [2.45, 2.75) is 33.7 Å². The van der Waals surface area contributed by atoms with Gasteiger partial charge in [-0.2, -0.15) is 0 Å². The molecule has 0 radical (unpaired) electrons. The maximum atomic E-state index is 13.2. The van der Waals surface area contributed by atoms with Gasteiger partial charge in [0.1, 0.15) is 0 Å². The molecule has 0 bridgehead atoms. The zero-order chi connectivity index (χ0) is 21.7. The van der Waals surface area contributed by atoms with Crippen LogP contribution in [-0.2, 0) is 13.0 Å². The van der Waals surface area contributed by atoms with Gasteiger partial charge in [-0.05, 0) is 68.1 Å². The molecular weight excluding hydrogens is 417 g/mol. The molecule has 6 heteroatoms. The van der Waals surface area contributed by atoms with Gasteiger partial charge in [0.15, 0.2) is 0 Å². The van der Waals surface area contributed by atoms with E-state index < -0.39 is 0 Å². The number of amides is 2. The molecular formula is C24H25Cl2N3O. The third-order valence-corrected chi connectivity index (χ3v) is 5.55. The Morgan fingerprint density at radius 2 is 1.70 bits per heavy atom. The molecule has 0 fully saturated rings. The normalized spacial score (nSPS) is 10.7. The van der Waals surface area contributed by atoms with Crippen molar-refractivity contribution in [2.75, 3.05) is 11.9 Å². The van der Waals surface area contributed by atoms with Crippen LogP contribution >= 0.6 is 23.2 Å². The number of halogens is 2. The van der Waals surface area contributed by atoms with Crippen molar-refractivity contribution in [3.63, 3.8) is 0 Å². The van der Waals surface area contributed by atoms with Gasteiger partial charge in [0.05, 0.1) is 12.2 Å². The summed E-state index contributed by atoms with van der Waals surface area (Å²) in [7, 11) is 0. The van der Waals surface area contributed by atoms with Gasteiger partial charge in [-0.25, -0.2) is 4.79 Å². The standard InChI is InChI=1S/C24H25Cl2N3O/c1-16-6-4-7-17(2)23(16)28-24(30)29(15-21-9-5-8-18(3)27-21)13-12-19-10-11-20(25)14-22(19)26/h4-11,14H,12-13,15H2,1-3H3,(H,28,30). The lowest BCUT2D eigenvalue weighted by Gasteiger charge is -2.24. The molecule has 0 atom stereocenters. The van der Waals surface area contributed by atoms with Crippen molar-refractivity contribution in [2.24, 2.45) is 0 Å². The first kappa shape index (κ1) is 22.1. The average Bonchev–Trinajstić information content (AvgIpc) is 2.69. The number of carbonyl (C=O) groups is 1. The van der Waals surface area contributed by atoms with Crippen molar-refractivity contribution in [1.82, 2.24) is 9.88 Å². The molecule has 0 unspecified atom stereocenters. The number of hydrogen-bond donors (Lipinski definition) is 1. The Morgan fingerprint density at radius 3 is 2.37 bits per heavy atom. The van der Waals surface area contributed by atoms with Crippen LogP contribution in [0.4, 0.5) is 10.5 Å². The summed E-state index contributed by atoms with van der Waals surface area (Å²) < 4.78 is 0. The van der Waals surface area contributed by atoms with Gasteiger partial charge in [-0.3, -0.25) is 4.98 Å². The van der Waals surface area contributed by atoms with Gasteiger partial charge >= 0.3 is 6.03 Å². The molecule has 0 saturated heterocycles. The fourth-order valence-corrected chi connectivity index (χ4v) is 3.82. The molecule has 4 nitrogen and oxygen atoms in total. The van der Waals surface area contributed by atoms with Gasteiger partial charge in [0.2, 0.25) is 0 Å². The van der Waals surface area contributed by atoms with Crippen molar-refractivity contribution >= 4 is 34.9 Å². The van der Waals surface area contributed by atoms with E-state index in [0.717, 1.165) is 33.8 Å². The van der Waals surface area contributed by atoms with E-state index in [0.29, 0.717) is 29.6 Å². The third-order valence-electron chi connectivity index (χ3n) is 4.97. The van der Waals surface area contributed by atoms with E-state index in [2.05, 4.69) is 10.3 Å². The number of nitrogens with one attached hydrogen (secondary N) is 1. The molecule has 0 spiro atoms. The van der Waals surface area contributed by atoms with Gasteiger partial charge in [-0.1, -0.05) is 53.5 Å². The SMILES string of the molecule is Cc1cccc(CN(CCc2ccc(Cl)cc2Cl)C(=O)Nc2c(C)cccc2C)n1. The molecule has 30 heavy (non-hydrogen) atoms. The number of benzene rings is 2. The molecule has 0 aliphatic carbocycles. The Morgan fingerprint density at radius 1 is 1.00 bits per heavy atom. The van der Waals surface area contributed by atoms with E-state index in [4.69, 9.17) is 23.2 Å². The van der Waals surface area contributed by atoms with Crippen molar-refractivity contribution in [1.29, 1.82) is 0 Å². The summed E-state index contributed by atoms with van der Waals surface area (Å²) in [6, 6.07) is 17.1. The quantitative estimate of drug-likeness (QED) is 0.468. The molecule has 1 aromatic heterocycles. The largest absolute Gasteiger partial charge is 0.322 e. The van der Waals surface area contributed by atoms with Crippen LogP contribution in [0.3, 0.4) is 0 Å². The first-order valence-electron chi connectivity index (χ1n) is 9.82. The molecule has 3 rings (SSSR count). The van der Waals surface area contributed by atoms with Crippen LogP contribution in [0.2, 0.25) is 10.0 Å². The van der Waals surface area contributed by atoms with Crippen molar-refractivity contribution in [3.05, 3.63) is 92.7 Å². The number of carbonyl (C=O) groups excluding carboxylic acids is 1. The summed E-state index contributed by atoms with van der Waals surface area (Å²) in [5.41, 5.74) is 5.60. The zero-order valence-electron chi connectivity index (χ0n) is 17.4. The summed E-state index contributed by atoms with van der Waals surface area (Å²) in [4.78, 5) is 19.5. The number of rotatable bonds is 6. The first-order valence-corrected chi connectivity index (χ1v) is 10.6. The number of para-hydroxylation sites is 1. The number of hydrogen-bond acceptors (Lipinski definition) is 2. The summed E-state index contributed by atoms with van der Waals surface area (Å²) in [5, 5.41) is 4.28. The van der Waals surface area contributed by atoms with Crippen molar-refractivity contribution < 1.29 is 4.79 Å². The topological polar surface area (TPSA) is 45.2 Å². The molecule has 0 aliphatic heterocycles. The van der Waals surface area contributed by atoms with Gasteiger partial charge in [0, 0.05) is 28.0 Å². The molecule has 0 aliphatic rings. The minimum Gasteiger partial charge on any atom is -0.318 e. The summed E-state index contributed by atoms with van der Waals surface area (Å²) in [6.45, 7) is 6.82. The van der Waals surface area contributed by atoms with Gasteiger partial charge < -0.3 is 10.2 Å². The number of aromatic nitrogens is 1. The summed E-state index contributed by atoms with van der Waals surface area (Å²) in [6.07, 6.45) is 0.613. The van der Waals surface area contributed by atoms with Gasteiger partial charge in [0.25, 0.3) is 0 Å². The Bertz CT molecular complexity index is 1030. The van der Waals surface area contributed by atoms with Crippen LogP contribution in [0, 0.1) is 20.8 Å². The van der Waals surface area contributed by atoms with Gasteiger partial charge in [-0.15, -0.1) is 0 Å². The second kappa shape index (κ2) is 9.96. The van der Waals surface area contributed by atoms with Crippen LogP contribution in [0.15, 0.2) is 54.6 Å². The maximum Gasteiger partial charge on any atom is 0.322 e. The van der Waals surface area contributed by atoms with E-state index in [-0.39, 0.29) is 6.03 Å². The Hall–Kier alpha value is -2.56. The second-order valence-corrected chi connectivity index (χ2v) is 8.22. The number of aryl methyl sites for hydroxylation is 3. The highest BCUT2D eigenvalue weighted by Crippen LogP contribution is 2.23. The zero-order valence-corrected chi connectivity index (χ0v) is 18.9. The highest BCUT2D eigenvalue weighted by atomic mass is 35.5. The highest BCUT2D eigenvalue weighted by Gasteiger charge is 2.17. The Labute approximate surface area is 187 Å². The Kier molecular flexibility index (Phi) is 7.35. The summed E-state index contributed by atoms with van der Waals surface area (Å²) in [5.74, 6) is 0. The average molecular weight is 442 g/mol. The molecule has 2 amide bonds. The fraction of sp³-hybridized carbons (Fsp3) is 0.250. The third kappa shape index (κ3) is 5.74. The molecule has 1 N–H and O–H groups in total. The van der Waals surface area contributed by atoms with E-state index >= 15 is 0 Å². The fourth-order valence-electron chi connectivity index (χ4n) is 3.31. The number of urea groups is 1. The molecule has 1 heterocycles. The number of pyridine rings is 1. The smallest absolute Gasteiger partial charge is 0.318 e. The van der Waals surface area contributed by atoms with E-state index in [1.807, 2.05) is 69.3 Å². The number of anilines is 1. The van der Waals surface area contributed by atoms with E-state index in [1.165, 1.54) is 0 Å². The van der Waals surface area contributed by atoms with Crippen LogP contribution in [0.1, 0.15) is 28.1 Å². The minimum absolute atomic E-state index is 0.166. The molecule has 2 aromatic carbocycles. The van der Waals surface area contributed by atoms with E-state index in [9.17, 15) is 4.79 Å². The van der Waals surface area contributed by atoms with Crippen LogP contribution in [0.5, 0.6) is 0 Å². The van der Waals surface area contributed by atoms with Crippen LogP contribution in [0.25, 0.3) is 0 Å². The van der Waals surface area contributed by atoms with Crippen LogP contribution < -0.4 is 5.32 Å². The molecule has 3 aromatic rings. The molecule has 0 saturated carbocycles. The van der Waals surface area contributed by atoms with Crippen molar-refractivity contribution in [3.8, 4) is 0 Å². The maximum absolute atomic E-state index is 13.2. The van der Waals surface area contributed by atoms with Crippen LogP contribution in [-0.4, -0.2) is 22.5 Å². The Balaban J connectivity index is 1.81.